The van der Waals surface area contributed by atoms with Crippen LogP contribution < -0.4 is 0 Å². The quantitative estimate of drug-likeness (QED) is 0.259. The van der Waals surface area contributed by atoms with E-state index in [0.717, 1.165) is 46.1 Å². The first-order valence-electron chi connectivity index (χ1n) is 11.3. The van der Waals surface area contributed by atoms with Crippen molar-refractivity contribution in [1.82, 2.24) is 29.2 Å². The number of benzene rings is 2. The Balaban J connectivity index is 1.39. The Morgan fingerprint density at radius 1 is 0.735 bits per heavy atom. The zero-order chi connectivity index (χ0) is 22.5. The SMILES string of the molecule is c1ccc(CSc2nnc3c4c5c(sc4n4c(SCc6ccccc6)nnc4n23)CCC5)cc1. The average Bonchev–Trinajstić information content (AvgIpc) is 3.65. The van der Waals surface area contributed by atoms with E-state index in [-0.39, 0.29) is 0 Å². The minimum absolute atomic E-state index is 0.790. The van der Waals surface area contributed by atoms with Crippen LogP contribution in [0.1, 0.15) is 28.0 Å². The van der Waals surface area contributed by atoms with Gasteiger partial charge in [0.25, 0.3) is 0 Å². The van der Waals surface area contributed by atoms with Gasteiger partial charge in [-0.1, -0.05) is 84.2 Å². The summed E-state index contributed by atoms with van der Waals surface area (Å²) in [4.78, 5) is 2.67. The highest BCUT2D eigenvalue weighted by Gasteiger charge is 2.27. The van der Waals surface area contributed by atoms with Crippen LogP contribution in [0.3, 0.4) is 0 Å². The molecule has 0 saturated heterocycles. The van der Waals surface area contributed by atoms with Gasteiger partial charge in [0.15, 0.2) is 16.0 Å². The molecule has 0 radical (unpaired) electrons. The minimum atomic E-state index is 0.790. The molecule has 7 rings (SSSR count). The number of thioether (sulfide) groups is 2. The summed E-state index contributed by atoms with van der Waals surface area (Å²) in [5, 5.41) is 21.6. The zero-order valence-corrected chi connectivity index (χ0v) is 20.7. The van der Waals surface area contributed by atoms with Crippen LogP contribution >= 0.6 is 34.9 Å². The summed E-state index contributed by atoms with van der Waals surface area (Å²) in [5.74, 6) is 2.47. The molecule has 0 bridgehead atoms. The molecule has 0 amide bonds. The van der Waals surface area contributed by atoms with Crippen molar-refractivity contribution in [2.45, 2.75) is 41.1 Å². The first kappa shape index (κ1) is 20.5. The molecule has 34 heavy (non-hydrogen) atoms. The summed E-state index contributed by atoms with van der Waals surface area (Å²) in [7, 11) is 0. The third-order valence-electron chi connectivity index (χ3n) is 6.20. The van der Waals surface area contributed by atoms with Crippen LogP contribution in [0.15, 0.2) is 71.0 Å². The van der Waals surface area contributed by atoms with Crippen LogP contribution in [-0.4, -0.2) is 29.2 Å². The Morgan fingerprint density at radius 3 is 2.09 bits per heavy atom. The van der Waals surface area contributed by atoms with Gasteiger partial charge in [0, 0.05) is 16.4 Å². The van der Waals surface area contributed by atoms with Gasteiger partial charge in [-0.25, -0.2) is 8.80 Å². The standard InChI is InChI=1S/C25H20N6S3/c1-3-8-16(9-4-1)14-32-24-28-26-21-20-18-12-7-13-19(18)34-22(20)31-23(30(21)24)27-29-25(31)33-15-17-10-5-2-6-11-17/h1-6,8-11H,7,12-15H2. The number of aryl methyl sites for hydroxylation is 2. The molecule has 6 aromatic rings. The lowest BCUT2D eigenvalue weighted by Crippen LogP contribution is -1.99. The summed E-state index contributed by atoms with van der Waals surface area (Å²) in [5.41, 5.74) is 4.88. The summed E-state index contributed by atoms with van der Waals surface area (Å²) >= 11 is 5.29. The lowest BCUT2D eigenvalue weighted by atomic mass is 10.2. The first-order chi connectivity index (χ1) is 16.9. The van der Waals surface area contributed by atoms with Gasteiger partial charge in [0.2, 0.25) is 5.78 Å². The van der Waals surface area contributed by atoms with Crippen LogP contribution in [0.5, 0.6) is 0 Å². The smallest absolute Gasteiger partial charge is 0.245 e. The van der Waals surface area contributed by atoms with Crippen LogP contribution in [0.2, 0.25) is 0 Å². The Labute approximate surface area is 208 Å². The van der Waals surface area contributed by atoms with E-state index in [1.807, 2.05) is 17.4 Å². The molecule has 0 N–H and O–H groups in total. The zero-order valence-electron chi connectivity index (χ0n) is 18.2. The van der Waals surface area contributed by atoms with Gasteiger partial charge >= 0.3 is 0 Å². The van der Waals surface area contributed by atoms with Gasteiger partial charge in [-0.3, -0.25) is 0 Å². The Morgan fingerprint density at radius 2 is 1.38 bits per heavy atom. The maximum absolute atomic E-state index is 4.67. The number of aromatic nitrogens is 6. The lowest BCUT2D eigenvalue weighted by Gasteiger charge is -2.07. The van der Waals surface area contributed by atoms with Gasteiger partial charge < -0.3 is 0 Å². The highest BCUT2D eigenvalue weighted by atomic mass is 32.2. The number of nitrogens with zero attached hydrogens (tertiary/aromatic N) is 6. The van der Waals surface area contributed by atoms with Crippen LogP contribution in [0.4, 0.5) is 0 Å². The topological polar surface area (TPSA) is 60.4 Å². The van der Waals surface area contributed by atoms with E-state index in [0.29, 0.717) is 0 Å². The Kier molecular flexibility index (Phi) is 5.07. The van der Waals surface area contributed by atoms with E-state index < -0.39 is 0 Å². The van der Waals surface area contributed by atoms with Gasteiger partial charge in [0.05, 0.1) is 5.39 Å². The Hall–Kier alpha value is -2.88. The van der Waals surface area contributed by atoms with E-state index in [2.05, 4.69) is 83.8 Å². The predicted molar refractivity (Wildman–Crippen MR) is 139 cm³/mol. The van der Waals surface area contributed by atoms with Gasteiger partial charge in [0.1, 0.15) is 4.83 Å². The van der Waals surface area contributed by atoms with Crippen molar-refractivity contribution in [2.75, 3.05) is 0 Å². The molecule has 0 aliphatic heterocycles. The maximum atomic E-state index is 4.67. The van der Waals surface area contributed by atoms with Gasteiger partial charge in [-0.2, -0.15) is 0 Å². The fourth-order valence-electron chi connectivity index (χ4n) is 4.61. The van der Waals surface area contributed by atoms with E-state index in [9.17, 15) is 0 Å². The normalized spacial score (nSPS) is 13.4. The highest BCUT2D eigenvalue weighted by Crippen LogP contribution is 2.41. The average molecular weight is 501 g/mol. The maximum Gasteiger partial charge on any atom is 0.245 e. The highest BCUT2D eigenvalue weighted by molar-refractivity contribution is 7.98. The molecule has 9 heteroatoms. The van der Waals surface area contributed by atoms with E-state index in [1.54, 1.807) is 23.5 Å². The van der Waals surface area contributed by atoms with E-state index in [4.69, 9.17) is 0 Å². The first-order valence-corrected chi connectivity index (χ1v) is 14.1. The summed E-state index contributed by atoms with van der Waals surface area (Å²) in [6.45, 7) is 0. The number of rotatable bonds is 6. The largest absolute Gasteiger partial charge is 0.245 e. The van der Waals surface area contributed by atoms with E-state index in [1.165, 1.54) is 38.2 Å². The molecule has 1 aliphatic carbocycles. The lowest BCUT2D eigenvalue weighted by molar-refractivity contribution is 0.907. The molecule has 6 nitrogen and oxygen atoms in total. The molecule has 168 valence electrons. The van der Waals surface area contributed by atoms with Gasteiger partial charge in [-0.05, 0) is 36.0 Å². The van der Waals surface area contributed by atoms with Crippen molar-refractivity contribution in [3.05, 3.63) is 82.2 Å². The van der Waals surface area contributed by atoms with Crippen molar-refractivity contribution in [3.8, 4) is 0 Å². The number of hydrogen-bond acceptors (Lipinski definition) is 7. The van der Waals surface area contributed by atoms with Crippen LogP contribution in [0.25, 0.3) is 21.6 Å². The second kappa shape index (κ2) is 8.41. The van der Waals surface area contributed by atoms with Crippen molar-refractivity contribution < 1.29 is 0 Å². The predicted octanol–water partition coefficient (Wildman–Crippen LogP) is 6.06. The summed E-state index contributed by atoms with van der Waals surface area (Å²) in [6, 6.07) is 21.0. The van der Waals surface area contributed by atoms with Crippen LogP contribution in [0, 0.1) is 0 Å². The second-order valence-corrected chi connectivity index (χ2v) is 11.3. The Bertz CT molecular complexity index is 1640. The molecule has 4 heterocycles. The van der Waals surface area contributed by atoms with Crippen molar-refractivity contribution in [3.63, 3.8) is 0 Å². The molecular formula is C25H20N6S3. The molecule has 0 saturated carbocycles. The third-order valence-corrected chi connectivity index (χ3v) is 9.48. The molecular weight excluding hydrogens is 481 g/mol. The molecule has 0 atom stereocenters. The molecule has 0 fully saturated rings. The molecule has 1 aliphatic rings. The number of hydrogen-bond donors (Lipinski definition) is 0. The fraction of sp³-hybridized carbons (Fsp3) is 0.200. The number of fused-ring (bicyclic) bond motifs is 8. The summed E-state index contributed by atoms with van der Waals surface area (Å²) in [6.07, 6.45) is 3.45. The molecule has 0 unspecified atom stereocenters. The second-order valence-electron chi connectivity index (χ2n) is 8.35. The number of thiophene rings is 1. The third kappa shape index (κ3) is 3.33. The molecule has 0 spiro atoms. The molecule has 2 aromatic carbocycles. The molecule has 4 aromatic heterocycles. The van der Waals surface area contributed by atoms with Crippen molar-refractivity contribution in [2.24, 2.45) is 0 Å². The monoisotopic (exact) mass is 500 g/mol. The van der Waals surface area contributed by atoms with Crippen LogP contribution in [-0.2, 0) is 24.3 Å². The minimum Gasteiger partial charge on any atom is -0.245 e. The van der Waals surface area contributed by atoms with Crippen molar-refractivity contribution in [1.29, 1.82) is 0 Å². The van der Waals surface area contributed by atoms with Crippen molar-refractivity contribution >= 4 is 56.5 Å². The fourth-order valence-corrected chi connectivity index (χ4v) is 7.82. The van der Waals surface area contributed by atoms with Gasteiger partial charge in [-0.15, -0.1) is 31.7 Å². The van der Waals surface area contributed by atoms with E-state index >= 15 is 0 Å². The summed E-state index contributed by atoms with van der Waals surface area (Å²) < 4.78 is 4.34.